The van der Waals surface area contributed by atoms with Gasteiger partial charge in [0.2, 0.25) is 5.91 Å². The molecule has 0 spiro atoms. The molecular formula is C11H23NO3. The van der Waals surface area contributed by atoms with Crippen LogP contribution >= 0.6 is 0 Å². The third-order valence-electron chi connectivity index (χ3n) is 2.50. The molecule has 4 heteroatoms. The Kier molecular flexibility index (Phi) is 8.33. The molecule has 0 aromatic carbocycles. The highest BCUT2D eigenvalue weighted by molar-refractivity contribution is 5.77. The van der Waals surface area contributed by atoms with E-state index in [0.717, 1.165) is 12.8 Å². The number of aliphatic hydroxyl groups excluding tert-OH is 1. The van der Waals surface area contributed by atoms with Crippen LogP contribution in [0.15, 0.2) is 0 Å². The second-order valence-electron chi connectivity index (χ2n) is 3.72. The van der Waals surface area contributed by atoms with Gasteiger partial charge in [0.05, 0.1) is 6.10 Å². The van der Waals surface area contributed by atoms with Crippen LogP contribution in [0.3, 0.4) is 0 Å². The predicted octanol–water partition coefficient (Wildman–Crippen LogP) is 0.936. The van der Waals surface area contributed by atoms with E-state index in [1.807, 2.05) is 13.8 Å². The molecule has 0 aromatic heterocycles. The van der Waals surface area contributed by atoms with Crippen LogP contribution in [0.4, 0.5) is 0 Å². The maximum Gasteiger partial charge on any atom is 0.222 e. The van der Waals surface area contributed by atoms with E-state index in [-0.39, 0.29) is 24.5 Å². The molecule has 2 N–H and O–H groups in total. The Balaban J connectivity index is 3.62. The number of nitrogens with one attached hydrogen (secondary N) is 1. The first-order chi connectivity index (χ1) is 7.15. The van der Waals surface area contributed by atoms with Gasteiger partial charge in [0.25, 0.3) is 0 Å². The standard InChI is InChI=1S/C11H23NO3/c1-4-10(5-7-13)15-8-6-9(2)11(14)12-3/h9-10,13H,4-8H2,1-3H3,(H,12,14). The number of carbonyl (C=O) groups is 1. The maximum absolute atomic E-state index is 11.2. The van der Waals surface area contributed by atoms with E-state index in [1.54, 1.807) is 7.05 Å². The molecule has 0 radical (unpaired) electrons. The van der Waals surface area contributed by atoms with Gasteiger partial charge in [-0.25, -0.2) is 0 Å². The summed E-state index contributed by atoms with van der Waals surface area (Å²) in [6.45, 7) is 4.65. The van der Waals surface area contributed by atoms with Gasteiger partial charge in [0.15, 0.2) is 0 Å². The Morgan fingerprint density at radius 2 is 2.13 bits per heavy atom. The fourth-order valence-electron chi connectivity index (χ4n) is 1.34. The normalized spacial score (nSPS) is 14.7. The highest BCUT2D eigenvalue weighted by Crippen LogP contribution is 2.07. The van der Waals surface area contributed by atoms with E-state index in [9.17, 15) is 4.79 Å². The SMILES string of the molecule is CCC(CCO)OCCC(C)C(=O)NC. The molecule has 0 heterocycles. The van der Waals surface area contributed by atoms with Crippen molar-refractivity contribution < 1.29 is 14.6 Å². The third-order valence-corrected chi connectivity index (χ3v) is 2.50. The number of hydrogen-bond acceptors (Lipinski definition) is 3. The minimum atomic E-state index is -0.0124. The van der Waals surface area contributed by atoms with Gasteiger partial charge in [-0.2, -0.15) is 0 Å². The Morgan fingerprint density at radius 3 is 2.60 bits per heavy atom. The van der Waals surface area contributed by atoms with Crippen LogP contribution in [-0.4, -0.2) is 37.4 Å². The molecule has 0 rings (SSSR count). The average Bonchev–Trinajstić information content (AvgIpc) is 2.26. The van der Waals surface area contributed by atoms with Crippen molar-refractivity contribution in [2.45, 2.75) is 39.2 Å². The number of amides is 1. The van der Waals surface area contributed by atoms with E-state index in [4.69, 9.17) is 9.84 Å². The van der Waals surface area contributed by atoms with Crippen molar-refractivity contribution in [3.63, 3.8) is 0 Å². The fourth-order valence-corrected chi connectivity index (χ4v) is 1.34. The summed E-state index contributed by atoms with van der Waals surface area (Å²) in [4.78, 5) is 11.2. The number of hydrogen-bond donors (Lipinski definition) is 2. The van der Waals surface area contributed by atoms with Gasteiger partial charge in [0, 0.05) is 26.2 Å². The first-order valence-corrected chi connectivity index (χ1v) is 5.59. The fraction of sp³-hybridized carbons (Fsp3) is 0.909. The zero-order valence-corrected chi connectivity index (χ0v) is 9.95. The van der Waals surface area contributed by atoms with Crippen LogP contribution in [0.5, 0.6) is 0 Å². The molecule has 0 aliphatic rings. The summed E-state index contributed by atoms with van der Waals surface area (Å²) in [5, 5.41) is 11.4. The lowest BCUT2D eigenvalue weighted by Crippen LogP contribution is -2.26. The van der Waals surface area contributed by atoms with Crippen molar-refractivity contribution in [2.75, 3.05) is 20.3 Å². The van der Waals surface area contributed by atoms with Crippen LogP contribution in [-0.2, 0) is 9.53 Å². The minimum Gasteiger partial charge on any atom is -0.396 e. The van der Waals surface area contributed by atoms with Gasteiger partial charge >= 0.3 is 0 Å². The molecular weight excluding hydrogens is 194 g/mol. The Bertz CT molecular complexity index is 173. The molecule has 0 saturated heterocycles. The monoisotopic (exact) mass is 217 g/mol. The summed E-state index contributed by atoms with van der Waals surface area (Å²) in [5.74, 6) is 0.0374. The molecule has 0 saturated carbocycles. The smallest absolute Gasteiger partial charge is 0.222 e. The molecule has 0 fully saturated rings. The van der Waals surface area contributed by atoms with Gasteiger partial charge in [-0.15, -0.1) is 0 Å². The number of carbonyl (C=O) groups excluding carboxylic acids is 1. The quantitative estimate of drug-likeness (QED) is 0.636. The van der Waals surface area contributed by atoms with E-state index >= 15 is 0 Å². The number of ether oxygens (including phenoxy) is 1. The highest BCUT2D eigenvalue weighted by Gasteiger charge is 2.12. The molecule has 2 atom stereocenters. The van der Waals surface area contributed by atoms with Crippen molar-refractivity contribution in [1.82, 2.24) is 5.32 Å². The van der Waals surface area contributed by atoms with Crippen LogP contribution in [0.2, 0.25) is 0 Å². The van der Waals surface area contributed by atoms with E-state index < -0.39 is 0 Å². The molecule has 0 aliphatic carbocycles. The second kappa shape index (κ2) is 8.68. The van der Waals surface area contributed by atoms with Gasteiger partial charge < -0.3 is 15.2 Å². The van der Waals surface area contributed by atoms with E-state index in [1.165, 1.54) is 0 Å². The molecule has 4 nitrogen and oxygen atoms in total. The molecule has 15 heavy (non-hydrogen) atoms. The first kappa shape index (κ1) is 14.4. The Labute approximate surface area is 92.0 Å². The molecule has 0 aliphatic heterocycles. The maximum atomic E-state index is 11.2. The van der Waals surface area contributed by atoms with Crippen molar-refractivity contribution in [3.8, 4) is 0 Å². The minimum absolute atomic E-state index is 0.0124. The summed E-state index contributed by atoms with van der Waals surface area (Å²) in [6.07, 6.45) is 2.41. The molecule has 2 unspecified atom stereocenters. The van der Waals surface area contributed by atoms with Gasteiger partial charge in [-0.3, -0.25) is 4.79 Å². The van der Waals surface area contributed by atoms with E-state index in [0.29, 0.717) is 13.0 Å². The first-order valence-electron chi connectivity index (χ1n) is 5.59. The summed E-state index contributed by atoms with van der Waals surface area (Å²) >= 11 is 0. The van der Waals surface area contributed by atoms with Gasteiger partial charge in [0.1, 0.15) is 0 Å². The lowest BCUT2D eigenvalue weighted by Gasteiger charge is -2.16. The summed E-state index contributed by atoms with van der Waals surface area (Å²) < 4.78 is 5.56. The zero-order chi connectivity index (χ0) is 11.7. The lowest BCUT2D eigenvalue weighted by atomic mass is 10.1. The number of rotatable bonds is 8. The van der Waals surface area contributed by atoms with Crippen molar-refractivity contribution in [3.05, 3.63) is 0 Å². The predicted molar refractivity (Wildman–Crippen MR) is 59.6 cm³/mol. The van der Waals surface area contributed by atoms with Crippen LogP contribution in [0.1, 0.15) is 33.1 Å². The van der Waals surface area contributed by atoms with Crippen LogP contribution < -0.4 is 5.32 Å². The summed E-state index contributed by atoms with van der Waals surface area (Å²) in [5.41, 5.74) is 0. The third kappa shape index (κ3) is 6.47. The lowest BCUT2D eigenvalue weighted by molar-refractivity contribution is -0.124. The van der Waals surface area contributed by atoms with Crippen LogP contribution in [0, 0.1) is 5.92 Å². The number of aliphatic hydroxyl groups is 1. The zero-order valence-electron chi connectivity index (χ0n) is 9.95. The van der Waals surface area contributed by atoms with Crippen molar-refractivity contribution in [2.24, 2.45) is 5.92 Å². The molecule has 90 valence electrons. The van der Waals surface area contributed by atoms with Gasteiger partial charge in [-0.05, 0) is 19.3 Å². The topological polar surface area (TPSA) is 58.6 Å². The molecule has 0 aromatic rings. The van der Waals surface area contributed by atoms with Crippen molar-refractivity contribution >= 4 is 5.91 Å². The molecule has 1 amide bonds. The van der Waals surface area contributed by atoms with E-state index in [2.05, 4.69) is 5.32 Å². The van der Waals surface area contributed by atoms with Gasteiger partial charge in [-0.1, -0.05) is 13.8 Å². The second-order valence-corrected chi connectivity index (χ2v) is 3.72. The summed E-state index contributed by atoms with van der Waals surface area (Å²) in [6, 6.07) is 0. The van der Waals surface area contributed by atoms with Crippen LogP contribution in [0.25, 0.3) is 0 Å². The summed E-state index contributed by atoms with van der Waals surface area (Å²) in [7, 11) is 1.64. The average molecular weight is 217 g/mol. The highest BCUT2D eigenvalue weighted by atomic mass is 16.5. The Hall–Kier alpha value is -0.610. The largest absolute Gasteiger partial charge is 0.396 e. The van der Waals surface area contributed by atoms with Crippen molar-refractivity contribution in [1.29, 1.82) is 0 Å². The molecule has 0 bridgehead atoms. The Morgan fingerprint density at radius 1 is 1.47 bits per heavy atom.